The van der Waals surface area contributed by atoms with Crippen LogP contribution in [0.2, 0.25) is 0 Å². The molecular weight excluding hydrogens is 278 g/mol. The Balaban J connectivity index is 2.03. The Hall–Kier alpha value is -2.54. The third-order valence-electron chi connectivity index (χ3n) is 2.75. The number of esters is 1. The van der Waals surface area contributed by atoms with Gasteiger partial charge >= 0.3 is 5.97 Å². The van der Waals surface area contributed by atoms with Gasteiger partial charge in [-0.05, 0) is 23.8 Å². The highest BCUT2D eigenvalue weighted by molar-refractivity contribution is 7.15. The van der Waals surface area contributed by atoms with Gasteiger partial charge in [0, 0.05) is 0 Å². The Labute approximate surface area is 116 Å². The number of hydrogen-bond donors (Lipinski definition) is 0. The van der Waals surface area contributed by atoms with Crippen molar-refractivity contribution in [2.45, 2.75) is 0 Å². The van der Waals surface area contributed by atoms with Gasteiger partial charge in [0.15, 0.2) is 0 Å². The van der Waals surface area contributed by atoms with E-state index in [9.17, 15) is 9.59 Å². The van der Waals surface area contributed by atoms with E-state index in [2.05, 4.69) is 14.8 Å². The van der Waals surface area contributed by atoms with Gasteiger partial charge in [-0.3, -0.25) is 4.79 Å². The second-order valence-electron chi connectivity index (χ2n) is 3.98. The van der Waals surface area contributed by atoms with Crippen molar-refractivity contribution >= 4 is 28.3 Å². The predicted molar refractivity (Wildman–Crippen MR) is 73.7 cm³/mol. The maximum atomic E-state index is 12.0. The van der Waals surface area contributed by atoms with Gasteiger partial charge in [-0.2, -0.15) is 9.61 Å². The molecule has 0 atom stereocenters. The first-order valence-electron chi connectivity index (χ1n) is 5.71. The van der Waals surface area contributed by atoms with E-state index in [4.69, 9.17) is 0 Å². The summed E-state index contributed by atoms with van der Waals surface area (Å²) < 4.78 is 6.44. The van der Waals surface area contributed by atoms with Crippen LogP contribution in [0.4, 0.5) is 0 Å². The fraction of sp³-hybridized carbons (Fsp3) is 0.0769. The molecule has 0 fully saturated rings. The molecule has 1 aromatic carbocycles. The number of aromatic nitrogens is 3. The zero-order chi connectivity index (χ0) is 14.1. The van der Waals surface area contributed by atoms with Gasteiger partial charge in [0.1, 0.15) is 6.33 Å². The molecule has 0 aliphatic heterocycles. The fourth-order valence-corrected chi connectivity index (χ4v) is 2.64. The number of hydrogen-bond acceptors (Lipinski definition) is 6. The van der Waals surface area contributed by atoms with Crippen molar-refractivity contribution in [2.24, 2.45) is 0 Å². The maximum absolute atomic E-state index is 12.0. The minimum absolute atomic E-state index is 0.195. The second-order valence-corrected chi connectivity index (χ2v) is 4.99. The normalized spacial score (nSPS) is 11.9. The van der Waals surface area contributed by atoms with Crippen LogP contribution in [-0.4, -0.2) is 27.7 Å². The summed E-state index contributed by atoms with van der Waals surface area (Å²) in [6, 6.07) is 6.81. The van der Waals surface area contributed by atoms with Gasteiger partial charge in [0.2, 0.25) is 4.96 Å². The van der Waals surface area contributed by atoms with Gasteiger partial charge in [-0.1, -0.05) is 23.5 Å². The highest BCUT2D eigenvalue weighted by atomic mass is 32.1. The fourth-order valence-electron chi connectivity index (χ4n) is 1.76. The third-order valence-corrected chi connectivity index (χ3v) is 3.72. The van der Waals surface area contributed by atoms with Crippen LogP contribution < -0.4 is 10.1 Å². The molecule has 0 radical (unpaired) electrons. The van der Waals surface area contributed by atoms with Crippen LogP contribution >= 0.6 is 11.3 Å². The summed E-state index contributed by atoms with van der Waals surface area (Å²) in [5.41, 5.74) is 1.09. The van der Waals surface area contributed by atoms with Crippen molar-refractivity contribution in [3.8, 4) is 0 Å². The van der Waals surface area contributed by atoms with Crippen LogP contribution in [0.25, 0.3) is 11.0 Å². The predicted octanol–water partition coefficient (Wildman–Crippen LogP) is 0.485. The molecular formula is C13H9N3O3S. The molecule has 7 heteroatoms. The molecule has 20 heavy (non-hydrogen) atoms. The van der Waals surface area contributed by atoms with Crippen LogP contribution in [0.1, 0.15) is 15.9 Å². The number of fused-ring (bicyclic) bond motifs is 1. The minimum atomic E-state index is -0.389. The Morgan fingerprint density at radius 1 is 1.35 bits per heavy atom. The molecule has 0 saturated heterocycles. The lowest BCUT2D eigenvalue weighted by atomic mass is 10.1. The monoisotopic (exact) mass is 287 g/mol. The first-order valence-corrected chi connectivity index (χ1v) is 6.53. The summed E-state index contributed by atoms with van der Waals surface area (Å²) in [4.78, 5) is 27.8. The molecule has 100 valence electrons. The Morgan fingerprint density at radius 3 is 2.75 bits per heavy atom. The molecule has 2 aromatic heterocycles. The summed E-state index contributed by atoms with van der Waals surface area (Å²) in [6.07, 6.45) is 3.09. The van der Waals surface area contributed by atoms with Crippen molar-refractivity contribution in [2.75, 3.05) is 7.11 Å². The van der Waals surface area contributed by atoms with E-state index >= 15 is 0 Å². The van der Waals surface area contributed by atoms with Crippen LogP contribution in [0.15, 0.2) is 35.4 Å². The standard InChI is InChI=1S/C13H9N3O3S/c1-19-12(18)9-4-2-8(3-5-9)6-10-11(17)16-13(20-10)14-7-15-16/h2-7H,1H3/b10-6-. The average Bonchev–Trinajstić information content (AvgIpc) is 3.03. The van der Waals surface area contributed by atoms with Gasteiger partial charge in [0.25, 0.3) is 5.56 Å². The molecule has 0 bridgehead atoms. The van der Waals surface area contributed by atoms with Crippen molar-refractivity contribution < 1.29 is 9.53 Å². The first kappa shape index (κ1) is 12.5. The highest BCUT2D eigenvalue weighted by Crippen LogP contribution is 2.07. The number of carbonyl (C=O) groups is 1. The topological polar surface area (TPSA) is 73.6 Å². The molecule has 0 aliphatic carbocycles. The molecule has 3 aromatic rings. The molecule has 0 amide bonds. The van der Waals surface area contributed by atoms with E-state index in [-0.39, 0.29) is 11.5 Å². The molecule has 6 nitrogen and oxygen atoms in total. The Morgan fingerprint density at radius 2 is 2.10 bits per heavy atom. The van der Waals surface area contributed by atoms with E-state index in [0.717, 1.165) is 5.56 Å². The summed E-state index contributed by atoms with van der Waals surface area (Å²) in [6.45, 7) is 0. The molecule has 0 N–H and O–H groups in total. The van der Waals surface area contributed by atoms with Gasteiger partial charge < -0.3 is 4.74 Å². The number of nitrogens with zero attached hydrogens (tertiary/aromatic N) is 3. The quantitative estimate of drug-likeness (QED) is 0.641. The third kappa shape index (κ3) is 2.08. The molecule has 0 aliphatic rings. The lowest BCUT2D eigenvalue weighted by Crippen LogP contribution is -2.23. The number of ether oxygens (including phenoxy) is 1. The van der Waals surface area contributed by atoms with E-state index < -0.39 is 0 Å². The Bertz CT molecular complexity index is 880. The number of carbonyl (C=O) groups excluding carboxylic acids is 1. The second kappa shape index (κ2) is 4.86. The SMILES string of the molecule is COC(=O)c1ccc(/C=c2\sc3ncnn3c2=O)cc1. The smallest absolute Gasteiger partial charge is 0.337 e. The number of methoxy groups -OCH3 is 1. The van der Waals surface area contributed by atoms with Gasteiger partial charge in [0.05, 0.1) is 17.2 Å². The minimum Gasteiger partial charge on any atom is -0.465 e. The van der Waals surface area contributed by atoms with Crippen LogP contribution in [0.3, 0.4) is 0 Å². The summed E-state index contributed by atoms with van der Waals surface area (Å²) in [5.74, 6) is -0.389. The summed E-state index contributed by atoms with van der Waals surface area (Å²) >= 11 is 1.27. The summed E-state index contributed by atoms with van der Waals surface area (Å²) in [5, 5.41) is 3.85. The number of rotatable bonds is 2. The van der Waals surface area contributed by atoms with Crippen molar-refractivity contribution in [1.29, 1.82) is 0 Å². The Kier molecular flexibility index (Phi) is 3.03. The number of benzene rings is 1. The molecule has 2 heterocycles. The molecule has 3 rings (SSSR count). The first-order chi connectivity index (χ1) is 9.69. The maximum Gasteiger partial charge on any atom is 0.337 e. The van der Waals surface area contributed by atoms with Gasteiger partial charge in [-0.25, -0.2) is 9.78 Å². The van der Waals surface area contributed by atoms with E-state index in [1.54, 1.807) is 30.3 Å². The molecule has 0 saturated carbocycles. The largest absolute Gasteiger partial charge is 0.465 e. The molecule has 0 unspecified atom stereocenters. The van der Waals surface area contributed by atoms with E-state index in [1.807, 2.05) is 0 Å². The zero-order valence-corrected chi connectivity index (χ0v) is 11.3. The lowest BCUT2D eigenvalue weighted by molar-refractivity contribution is 0.0601. The van der Waals surface area contributed by atoms with Crippen molar-refractivity contribution in [1.82, 2.24) is 14.6 Å². The molecule has 0 spiro atoms. The van der Waals surface area contributed by atoms with Crippen molar-refractivity contribution in [3.05, 3.63) is 56.6 Å². The average molecular weight is 287 g/mol. The van der Waals surface area contributed by atoms with E-state index in [1.165, 1.54) is 29.3 Å². The highest BCUT2D eigenvalue weighted by Gasteiger charge is 2.06. The van der Waals surface area contributed by atoms with Crippen LogP contribution in [0, 0.1) is 0 Å². The zero-order valence-electron chi connectivity index (χ0n) is 10.4. The van der Waals surface area contributed by atoms with Gasteiger partial charge in [-0.15, -0.1) is 0 Å². The van der Waals surface area contributed by atoms with Crippen molar-refractivity contribution in [3.63, 3.8) is 0 Å². The summed E-state index contributed by atoms with van der Waals surface area (Å²) in [7, 11) is 1.33. The number of thiazole rings is 1. The van der Waals surface area contributed by atoms with E-state index in [0.29, 0.717) is 15.1 Å². The van der Waals surface area contributed by atoms with Crippen LogP contribution in [-0.2, 0) is 4.74 Å². The van der Waals surface area contributed by atoms with Crippen LogP contribution in [0.5, 0.6) is 0 Å². The lowest BCUT2D eigenvalue weighted by Gasteiger charge is -1.98.